The summed E-state index contributed by atoms with van der Waals surface area (Å²) in [5, 5.41) is 2.74. The van der Waals surface area contributed by atoms with Crippen molar-refractivity contribution in [3.05, 3.63) is 34.2 Å². The van der Waals surface area contributed by atoms with Crippen LogP contribution in [0.1, 0.15) is 29.6 Å². The van der Waals surface area contributed by atoms with Gasteiger partial charge in [0.05, 0.1) is 5.56 Å². The van der Waals surface area contributed by atoms with Gasteiger partial charge in [-0.2, -0.15) is 0 Å². The minimum atomic E-state index is -0.805. The molecule has 1 aliphatic rings. The van der Waals surface area contributed by atoms with Gasteiger partial charge in [-0.3, -0.25) is 9.59 Å². The Labute approximate surface area is 91.9 Å². The van der Waals surface area contributed by atoms with Crippen molar-refractivity contribution in [3.8, 4) is 0 Å². The van der Waals surface area contributed by atoms with Crippen molar-refractivity contribution in [1.29, 1.82) is 0 Å². The van der Waals surface area contributed by atoms with E-state index in [9.17, 15) is 14.0 Å². The lowest BCUT2D eigenvalue weighted by atomic mass is 10.2. The van der Waals surface area contributed by atoms with Crippen molar-refractivity contribution in [2.24, 2.45) is 0 Å². The summed E-state index contributed by atoms with van der Waals surface area (Å²) in [4.78, 5) is 24.9. The molecule has 0 unspecified atom stereocenters. The molecule has 1 heterocycles. The van der Waals surface area contributed by atoms with Gasteiger partial charge in [0.2, 0.25) is 5.56 Å². The molecule has 1 aromatic heterocycles. The van der Waals surface area contributed by atoms with Crippen molar-refractivity contribution < 1.29 is 9.18 Å². The van der Waals surface area contributed by atoms with Crippen molar-refractivity contribution in [2.75, 3.05) is 0 Å². The Morgan fingerprint density at radius 1 is 1.44 bits per heavy atom. The number of amides is 1. The molecule has 0 spiro atoms. The molecule has 4 nitrogen and oxygen atoms in total. The molecule has 1 aliphatic carbocycles. The van der Waals surface area contributed by atoms with Gasteiger partial charge >= 0.3 is 0 Å². The molecular formula is C11H13FN2O2. The van der Waals surface area contributed by atoms with Gasteiger partial charge < -0.3 is 10.3 Å². The maximum atomic E-state index is 12.9. The van der Waals surface area contributed by atoms with E-state index in [-0.39, 0.29) is 17.5 Å². The van der Waals surface area contributed by atoms with Crippen molar-refractivity contribution >= 4 is 5.91 Å². The molecule has 2 N–H and O–H groups in total. The van der Waals surface area contributed by atoms with Gasteiger partial charge in [-0.15, -0.1) is 0 Å². The molecule has 16 heavy (non-hydrogen) atoms. The summed E-state index contributed by atoms with van der Waals surface area (Å²) >= 11 is 0. The van der Waals surface area contributed by atoms with Crippen LogP contribution in [0.5, 0.6) is 0 Å². The molecule has 1 amide bonds. The quantitative estimate of drug-likeness (QED) is 0.787. The van der Waals surface area contributed by atoms with Crippen molar-refractivity contribution in [1.82, 2.24) is 10.3 Å². The molecule has 2 rings (SSSR count). The molecule has 1 saturated carbocycles. The van der Waals surface area contributed by atoms with Gasteiger partial charge in [0, 0.05) is 18.3 Å². The van der Waals surface area contributed by atoms with Gasteiger partial charge in [-0.1, -0.05) is 0 Å². The lowest BCUT2D eigenvalue weighted by molar-refractivity contribution is 0.0936. The molecule has 1 aromatic rings. The monoisotopic (exact) mass is 224 g/mol. The second kappa shape index (κ2) is 4.47. The first-order chi connectivity index (χ1) is 7.65. The number of H-pyrrole nitrogens is 1. The summed E-state index contributed by atoms with van der Waals surface area (Å²) in [6.07, 6.45) is 2.13. The van der Waals surface area contributed by atoms with E-state index in [0.717, 1.165) is 0 Å². The third-order valence-corrected chi connectivity index (χ3v) is 2.75. The SMILES string of the molecule is O=C(N[C@@H]1CC[C@@H](F)C1)c1ccc(=O)[nH]c1. The molecule has 86 valence electrons. The van der Waals surface area contributed by atoms with Crippen LogP contribution in [0.2, 0.25) is 0 Å². The Balaban J connectivity index is 1.98. The zero-order valence-corrected chi connectivity index (χ0v) is 8.70. The Kier molecular flexibility index (Phi) is 3.03. The van der Waals surface area contributed by atoms with Gasteiger partial charge in [0.25, 0.3) is 5.91 Å². The molecule has 0 radical (unpaired) electrons. The van der Waals surface area contributed by atoms with E-state index >= 15 is 0 Å². The van der Waals surface area contributed by atoms with Crippen LogP contribution in [0.15, 0.2) is 23.1 Å². The molecule has 2 atom stereocenters. The number of halogens is 1. The van der Waals surface area contributed by atoms with E-state index in [4.69, 9.17) is 0 Å². The van der Waals surface area contributed by atoms with Crippen LogP contribution in [0, 0.1) is 0 Å². The number of hydrogen-bond donors (Lipinski definition) is 2. The predicted octanol–water partition coefficient (Wildman–Crippen LogP) is 0.995. The number of pyridine rings is 1. The summed E-state index contributed by atoms with van der Waals surface area (Å²) < 4.78 is 12.9. The van der Waals surface area contributed by atoms with E-state index in [1.165, 1.54) is 18.3 Å². The number of alkyl halides is 1. The Hall–Kier alpha value is -1.65. The Morgan fingerprint density at radius 2 is 2.25 bits per heavy atom. The van der Waals surface area contributed by atoms with Gasteiger partial charge in [-0.25, -0.2) is 4.39 Å². The van der Waals surface area contributed by atoms with Crippen LogP contribution >= 0.6 is 0 Å². The molecule has 0 aromatic carbocycles. The molecular weight excluding hydrogens is 211 g/mol. The molecule has 1 fully saturated rings. The summed E-state index contributed by atoms with van der Waals surface area (Å²) in [5.74, 6) is -0.268. The smallest absolute Gasteiger partial charge is 0.252 e. The first kappa shape index (κ1) is 10.9. The van der Waals surface area contributed by atoms with E-state index in [2.05, 4.69) is 10.3 Å². The van der Waals surface area contributed by atoms with E-state index in [0.29, 0.717) is 24.8 Å². The van der Waals surface area contributed by atoms with E-state index in [1.807, 2.05) is 0 Å². The molecule has 0 saturated heterocycles. The molecule has 5 heteroatoms. The largest absolute Gasteiger partial charge is 0.349 e. The zero-order chi connectivity index (χ0) is 11.5. The fourth-order valence-corrected chi connectivity index (χ4v) is 1.88. The van der Waals surface area contributed by atoms with Crippen molar-refractivity contribution in [3.63, 3.8) is 0 Å². The Bertz CT molecular complexity index is 423. The van der Waals surface area contributed by atoms with Crippen molar-refractivity contribution in [2.45, 2.75) is 31.5 Å². The minimum absolute atomic E-state index is 0.0885. The normalized spacial score (nSPS) is 24.3. The highest BCUT2D eigenvalue weighted by Gasteiger charge is 2.25. The maximum absolute atomic E-state index is 12.9. The van der Waals surface area contributed by atoms with E-state index < -0.39 is 6.17 Å². The number of rotatable bonds is 2. The maximum Gasteiger partial charge on any atom is 0.252 e. The average Bonchev–Trinajstić information content (AvgIpc) is 2.65. The number of carbonyl (C=O) groups excluding carboxylic acids is 1. The number of nitrogens with one attached hydrogen (secondary N) is 2. The second-order valence-corrected chi connectivity index (χ2v) is 4.02. The summed E-state index contributed by atoms with van der Waals surface area (Å²) in [6.45, 7) is 0. The predicted molar refractivity (Wildman–Crippen MR) is 57.1 cm³/mol. The van der Waals surface area contributed by atoms with Crippen LogP contribution in [0.25, 0.3) is 0 Å². The number of aromatic amines is 1. The number of carbonyl (C=O) groups is 1. The molecule has 0 aliphatic heterocycles. The third-order valence-electron chi connectivity index (χ3n) is 2.75. The molecule has 0 bridgehead atoms. The average molecular weight is 224 g/mol. The standard InChI is InChI=1S/C11H13FN2O2/c12-8-2-3-9(5-8)14-11(16)7-1-4-10(15)13-6-7/h1,4,6,8-9H,2-3,5H2,(H,13,15)(H,14,16)/t8-,9-/m1/s1. The first-order valence-electron chi connectivity index (χ1n) is 5.29. The lowest BCUT2D eigenvalue weighted by Crippen LogP contribution is -2.33. The first-order valence-corrected chi connectivity index (χ1v) is 5.29. The topological polar surface area (TPSA) is 62.0 Å². The number of aromatic nitrogens is 1. The highest BCUT2D eigenvalue weighted by Crippen LogP contribution is 2.21. The van der Waals surface area contributed by atoms with Gasteiger partial charge in [0.1, 0.15) is 6.17 Å². The highest BCUT2D eigenvalue weighted by molar-refractivity contribution is 5.94. The fourth-order valence-electron chi connectivity index (χ4n) is 1.88. The zero-order valence-electron chi connectivity index (χ0n) is 8.70. The van der Waals surface area contributed by atoms with Crippen LogP contribution in [-0.4, -0.2) is 23.1 Å². The van der Waals surface area contributed by atoms with Gasteiger partial charge in [0.15, 0.2) is 0 Å². The van der Waals surface area contributed by atoms with Gasteiger partial charge in [-0.05, 0) is 25.3 Å². The van der Waals surface area contributed by atoms with Crippen LogP contribution in [0.3, 0.4) is 0 Å². The second-order valence-electron chi connectivity index (χ2n) is 4.02. The summed E-state index contributed by atoms with van der Waals surface area (Å²) in [5.41, 5.74) is 0.142. The van der Waals surface area contributed by atoms with E-state index in [1.54, 1.807) is 0 Å². The lowest BCUT2D eigenvalue weighted by Gasteiger charge is -2.11. The minimum Gasteiger partial charge on any atom is -0.349 e. The number of hydrogen-bond acceptors (Lipinski definition) is 2. The van der Waals surface area contributed by atoms with Crippen LogP contribution in [-0.2, 0) is 0 Å². The van der Waals surface area contributed by atoms with Crippen LogP contribution < -0.4 is 10.9 Å². The summed E-state index contributed by atoms with van der Waals surface area (Å²) in [7, 11) is 0. The fraction of sp³-hybridized carbons (Fsp3) is 0.455. The highest BCUT2D eigenvalue weighted by atomic mass is 19.1. The summed E-state index contributed by atoms with van der Waals surface area (Å²) in [6, 6.07) is 2.66. The van der Waals surface area contributed by atoms with Crippen LogP contribution in [0.4, 0.5) is 4.39 Å². The Morgan fingerprint density at radius 3 is 2.81 bits per heavy atom. The third kappa shape index (κ3) is 2.48.